The maximum atomic E-state index is 13.7. The molecule has 0 fully saturated rings. The highest BCUT2D eigenvalue weighted by Gasteiger charge is 2.19. The first-order chi connectivity index (χ1) is 8.68. The van der Waals surface area contributed by atoms with Crippen LogP contribution >= 0.6 is 11.8 Å². The summed E-state index contributed by atoms with van der Waals surface area (Å²) in [5.74, 6) is -0.206. The molecular weight excluding hydrogens is 247 g/mol. The summed E-state index contributed by atoms with van der Waals surface area (Å²) < 4.78 is 13.7. The molecular formula is C14H15FN2S. The van der Waals surface area contributed by atoms with E-state index < -0.39 is 0 Å². The highest BCUT2D eigenvalue weighted by Crippen LogP contribution is 2.37. The molecule has 0 saturated heterocycles. The number of benzene rings is 1. The van der Waals surface area contributed by atoms with E-state index in [0.717, 1.165) is 5.56 Å². The Labute approximate surface area is 110 Å². The van der Waals surface area contributed by atoms with Crippen molar-refractivity contribution in [3.05, 3.63) is 60.2 Å². The fourth-order valence-corrected chi connectivity index (χ4v) is 2.83. The lowest BCUT2D eigenvalue weighted by Crippen LogP contribution is -2.22. The minimum atomic E-state index is -0.206. The summed E-state index contributed by atoms with van der Waals surface area (Å²) in [5.41, 5.74) is 7.07. The molecule has 0 radical (unpaired) electrons. The van der Waals surface area contributed by atoms with Crippen LogP contribution in [0.5, 0.6) is 0 Å². The monoisotopic (exact) mass is 262 g/mol. The summed E-state index contributed by atoms with van der Waals surface area (Å²) in [6, 6.07) is 10.5. The number of halogens is 1. The average Bonchev–Trinajstić information content (AvgIpc) is 2.38. The second kappa shape index (κ2) is 5.98. The number of pyridine rings is 1. The van der Waals surface area contributed by atoms with E-state index in [0.29, 0.717) is 4.90 Å². The van der Waals surface area contributed by atoms with E-state index in [2.05, 4.69) is 4.98 Å². The van der Waals surface area contributed by atoms with Crippen LogP contribution in [0.4, 0.5) is 4.39 Å². The molecule has 0 aliphatic rings. The predicted octanol–water partition coefficient (Wildman–Crippen LogP) is 3.40. The fraction of sp³-hybridized carbons (Fsp3) is 0.214. The van der Waals surface area contributed by atoms with Crippen LogP contribution in [0.15, 0.2) is 53.7 Å². The molecule has 94 valence electrons. The van der Waals surface area contributed by atoms with Gasteiger partial charge in [0.05, 0.1) is 0 Å². The van der Waals surface area contributed by atoms with Gasteiger partial charge in [0.1, 0.15) is 5.82 Å². The largest absolute Gasteiger partial charge is 0.327 e. The number of nitrogens with two attached hydrogens (primary N) is 1. The molecule has 2 nitrogen and oxygen atoms in total. The molecule has 1 aromatic heterocycles. The van der Waals surface area contributed by atoms with Gasteiger partial charge in [0.2, 0.25) is 0 Å². The van der Waals surface area contributed by atoms with Crippen molar-refractivity contribution in [2.75, 3.05) is 0 Å². The number of rotatable bonds is 4. The van der Waals surface area contributed by atoms with Gasteiger partial charge in [-0.05, 0) is 36.8 Å². The zero-order chi connectivity index (χ0) is 13.0. The smallest absolute Gasteiger partial charge is 0.136 e. The molecule has 0 spiro atoms. The first-order valence-corrected chi connectivity index (χ1v) is 6.63. The summed E-state index contributed by atoms with van der Waals surface area (Å²) in [6.45, 7) is 1.93. The van der Waals surface area contributed by atoms with Crippen molar-refractivity contribution in [1.29, 1.82) is 0 Å². The summed E-state index contributed by atoms with van der Waals surface area (Å²) >= 11 is 1.45. The Bertz CT molecular complexity index is 502. The second-order valence-electron chi connectivity index (χ2n) is 4.11. The highest BCUT2D eigenvalue weighted by atomic mass is 32.2. The Hall–Kier alpha value is -1.39. The zero-order valence-electron chi connectivity index (χ0n) is 10.1. The van der Waals surface area contributed by atoms with Gasteiger partial charge in [0.15, 0.2) is 0 Å². The number of thioether (sulfide) groups is 1. The van der Waals surface area contributed by atoms with Crippen molar-refractivity contribution in [3.8, 4) is 0 Å². The molecule has 0 amide bonds. The van der Waals surface area contributed by atoms with E-state index in [1.165, 1.54) is 17.8 Å². The predicted molar refractivity (Wildman–Crippen MR) is 72.9 cm³/mol. The minimum Gasteiger partial charge on any atom is -0.327 e. The third kappa shape index (κ3) is 3.09. The number of aromatic nitrogens is 1. The Kier molecular flexibility index (Phi) is 4.33. The molecule has 4 heteroatoms. The second-order valence-corrected chi connectivity index (χ2v) is 5.29. The van der Waals surface area contributed by atoms with E-state index >= 15 is 0 Å². The molecule has 1 aromatic carbocycles. The van der Waals surface area contributed by atoms with Crippen LogP contribution in [0.1, 0.15) is 17.7 Å². The van der Waals surface area contributed by atoms with Crippen molar-refractivity contribution in [2.24, 2.45) is 5.73 Å². The average molecular weight is 262 g/mol. The van der Waals surface area contributed by atoms with Crippen LogP contribution in [-0.2, 0) is 0 Å². The van der Waals surface area contributed by atoms with Gasteiger partial charge in [-0.15, -0.1) is 11.8 Å². The normalized spacial score (nSPS) is 14.2. The van der Waals surface area contributed by atoms with Gasteiger partial charge in [-0.2, -0.15) is 0 Å². The van der Waals surface area contributed by atoms with Gasteiger partial charge >= 0.3 is 0 Å². The van der Waals surface area contributed by atoms with Crippen LogP contribution in [0.25, 0.3) is 0 Å². The maximum Gasteiger partial charge on any atom is 0.136 e. The van der Waals surface area contributed by atoms with Gasteiger partial charge in [0, 0.05) is 28.6 Å². The molecule has 2 rings (SSSR count). The quantitative estimate of drug-likeness (QED) is 0.858. The first kappa shape index (κ1) is 13.1. The van der Waals surface area contributed by atoms with Crippen LogP contribution in [0.3, 0.4) is 0 Å². The topological polar surface area (TPSA) is 38.9 Å². The lowest BCUT2D eigenvalue weighted by Gasteiger charge is -2.20. The minimum absolute atomic E-state index is 0.0184. The van der Waals surface area contributed by atoms with E-state index in [1.807, 2.05) is 25.1 Å². The van der Waals surface area contributed by atoms with Gasteiger partial charge in [-0.25, -0.2) is 4.39 Å². The molecule has 2 atom stereocenters. The fourth-order valence-electron chi connectivity index (χ4n) is 1.71. The van der Waals surface area contributed by atoms with E-state index in [9.17, 15) is 4.39 Å². The number of nitrogens with zero attached hydrogens (tertiary/aromatic N) is 1. The van der Waals surface area contributed by atoms with E-state index in [1.54, 1.807) is 24.5 Å². The Morgan fingerprint density at radius 3 is 2.44 bits per heavy atom. The van der Waals surface area contributed by atoms with Gasteiger partial charge < -0.3 is 5.73 Å². The molecule has 0 saturated carbocycles. The van der Waals surface area contributed by atoms with Crippen LogP contribution in [0, 0.1) is 5.82 Å². The summed E-state index contributed by atoms with van der Waals surface area (Å²) in [7, 11) is 0. The standard InChI is InChI=1S/C14H15FN2S/c1-10(16)14(11-6-8-17-9-7-11)18-13-5-3-2-4-12(13)15/h2-10,14H,16H2,1H3. The van der Waals surface area contributed by atoms with Crippen molar-refractivity contribution in [3.63, 3.8) is 0 Å². The van der Waals surface area contributed by atoms with Crippen molar-refractivity contribution in [1.82, 2.24) is 4.98 Å². The molecule has 1 heterocycles. The molecule has 0 bridgehead atoms. The molecule has 2 aromatic rings. The van der Waals surface area contributed by atoms with E-state index in [4.69, 9.17) is 5.73 Å². The van der Waals surface area contributed by atoms with Crippen molar-refractivity contribution < 1.29 is 4.39 Å². The summed E-state index contributed by atoms with van der Waals surface area (Å²) in [4.78, 5) is 4.61. The van der Waals surface area contributed by atoms with Gasteiger partial charge in [-0.1, -0.05) is 12.1 Å². The SMILES string of the molecule is CC(N)C(Sc1ccccc1F)c1ccncc1. The Balaban J connectivity index is 2.26. The maximum absolute atomic E-state index is 13.7. The summed E-state index contributed by atoms with van der Waals surface area (Å²) in [5, 5.41) is 0.0184. The van der Waals surface area contributed by atoms with Crippen LogP contribution < -0.4 is 5.73 Å². The third-order valence-corrected chi connectivity index (χ3v) is 4.14. The first-order valence-electron chi connectivity index (χ1n) is 5.75. The molecule has 2 unspecified atom stereocenters. The Morgan fingerprint density at radius 2 is 1.83 bits per heavy atom. The highest BCUT2D eigenvalue weighted by molar-refractivity contribution is 7.99. The van der Waals surface area contributed by atoms with Crippen molar-refractivity contribution in [2.45, 2.75) is 23.1 Å². The molecule has 2 N–H and O–H groups in total. The lowest BCUT2D eigenvalue weighted by molar-refractivity contribution is 0.600. The number of hydrogen-bond donors (Lipinski definition) is 1. The van der Waals surface area contributed by atoms with Crippen LogP contribution in [0.2, 0.25) is 0 Å². The van der Waals surface area contributed by atoms with Crippen LogP contribution in [-0.4, -0.2) is 11.0 Å². The van der Waals surface area contributed by atoms with Crippen molar-refractivity contribution >= 4 is 11.8 Å². The molecule has 18 heavy (non-hydrogen) atoms. The van der Waals surface area contributed by atoms with Gasteiger partial charge in [-0.3, -0.25) is 4.98 Å². The lowest BCUT2D eigenvalue weighted by atomic mass is 10.1. The summed E-state index contributed by atoms with van der Waals surface area (Å²) in [6.07, 6.45) is 3.46. The van der Waals surface area contributed by atoms with E-state index in [-0.39, 0.29) is 17.1 Å². The molecule has 0 aliphatic carbocycles. The Morgan fingerprint density at radius 1 is 1.17 bits per heavy atom. The van der Waals surface area contributed by atoms with Gasteiger partial charge in [0.25, 0.3) is 0 Å². The third-order valence-electron chi connectivity index (χ3n) is 2.60. The molecule has 0 aliphatic heterocycles. The number of hydrogen-bond acceptors (Lipinski definition) is 3. The zero-order valence-corrected chi connectivity index (χ0v) is 10.9.